The van der Waals surface area contributed by atoms with Crippen LogP contribution in [0.2, 0.25) is 0 Å². The van der Waals surface area contributed by atoms with Gasteiger partial charge in [-0.2, -0.15) is 0 Å². The maximum Gasteiger partial charge on any atom is 0.241 e. The average Bonchev–Trinajstić information content (AvgIpc) is 3.10. The second kappa shape index (κ2) is 8.84. The Labute approximate surface area is 187 Å². The lowest BCUT2D eigenvalue weighted by atomic mass is 9.91. The van der Waals surface area contributed by atoms with Crippen molar-refractivity contribution in [3.8, 4) is 28.3 Å². The fourth-order valence-corrected chi connectivity index (χ4v) is 3.61. The highest BCUT2D eigenvalue weighted by Crippen LogP contribution is 2.40. The molecule has 3 aromatic rings. The molecule has 0 saturated carbocycles. The molecule has 2 aromatic carbocycles. The van der Waals surface area contributed by atoms with Gasteiger partial charge < -0.3 is 4.74 Å². The van der Waals surface area contributed by atoms with Crippen molar-refractivity contribution >= 4 is 15.8 Å². The van der Waals surface area contributed by atoms with Gasteiger partial charge in [-0.3, -0.25) is 9.48 Å². The minimum atomic E-state index is -3.84. The molecule has 0 fully saturated rings. The van der Waals surface area contributed by atoms with Gasteiger partial charge in [-0.15, -0.1) is 5.10 Å². The van der Waals surface area contributed by atoms with Crippen LogP contribution in [0.15, 0.2) is 53.4 Å². The van der Waals surface area contributed by atoms with E-state index < -0.39 is 15.4 Å². The molecule has 0 radical (unpaired) electrons. The molecule has 0 aliphatic carbocycles. The number of hydrogen-bond acceptors (Lipinski definition) is 5. The number of rotatable bonds is 7. The van der Waals surface area contributed by atoms with Gasteiger partial charge >= 0.3 is 0 Å². The van der Waals surface area contributed by atoms with Gasteiger partial charge in [0.2, 0.25) is 15.9 Å². The minimum Gasteiger partial charge on any atom is -0.468 e. The van der Waals surface area contributed by atoms with Gasteiger partial charge in [-0.05, 0) is 36.8 Å². The maximum atomic E-state index is 13.6. The number of carbonyl (C=O) groups is 1. The molecule has 0 aliphatic rings. The molecule has 3 rings (SSSR count). The quantitative estimate of drug-likeness (QED) is 0.575. The summed E-state index contributed by atoms with van der Waals surface area (Å²) < 4.78 is 44.4. The standard InChI is InChI=1S/C23H26FN3O4S/c1-5-27-21(16-8-12-18(13-9-16)32(25,29)30)20(15-6-10-17(24)11-7-15)22(26-27)31-14-19(28)23(2,3)4/h6-13H,5,14H2,1-4H3,(H2,25,29,30). The van der Waals surface area contributed by atoms with E-state index in [1.54, 1.807) is 28.9 Å². The van der Waals surface area contributed by atoms with E-state index in [1.165, 1.54) is 24.3 Å². The number of carbonyl (C=O) groups excluding carboxylic acids is 1. The maximum absolute atomic E-state index is 13.6. The number of primary sulfonamides is 1. The van der Waals surface area contributed by atoms with Crippen molar-refractivity contribution in [2.75, 3.05) is 6.61 Å². The summed E-state index contributed by atoms with van der Waals surface area (Å²) in [6.45, 7) is 7.64. The van der Waals surface area contributed by atoms with Gasteiger partial charge in [0.1, 0.15) is 12.4 Å². The van der Waals surface area contributed by atoms with Crippen LogP contribution in [0.25, 0.3) is 22.4 Å². The number of nitrogens with two attached hydrogens (primary N) is 1. The zero-order valence-corrected chi connectivity index (χ0v) is 19.2. The van der Waals surface area contributed by atoms with Gasteiger partial charge in [0.05, 0.1) is 16.2 Å². The second-order valence-corrected chi connectivity index (χ2v) is 9.94. The van der Waals surface area contributed by atoms with E-state index in [0.717, 1.165) is 0 Å². The number of aryl methyl sites for hydroxylation is 1. The van der Waals surface area contributed by atoms with Crippen molar-refractivity contribution in [2.45, 2.75) is 39.1 Å². The van der Waals surface area contributed by atoms with Crippen molar-refractivity contribution < 1.29 is 22.3 Å². The lowest BCUT2D eigenvalue weighted by Crippen LogP contribution is -2.26. The Hall–Kier alpha value is -3.04. The molecule has 7 nitrogen and oxygen atoms in total. The molecular weight excluding hydrogens is 433 g/mol. The number of aromatic nitrogens is 2. The molecule has 0 atom stereocenters. The van der Waals surface area contributed by atoms with Crippen LogP contribution < -0.4 is 9.88 Å². The molecule has 32 heavy (non-hydrogen) atoms. The van der Waals surface area contributed by atoms with E-state index in [9.17, 15) is 17.6 Å². The molecule has 1 heterocycles. The van der Waals surface area contributed by atoms with E-state index in [-0.39, 0.29) is 29.0 Å². The Morgan fingerprint density at radius 3 is 2.12 bits per heavy atom. The third kappa shape index (κ3) is 5.05. The number of hydrogen-bond donors (Lipinski definition) is 1. The number of halogens is 1. The Morgan fingerprint density at radius 1 is 1.06 bits per heavy atom. The SMILES string of the molecule is CCn1nc(OCC(=O)C(C)(C)C)c(-c2ccc(F)cc2)c1-c1ccc(S(N)(=O)=O)cc1. The molecule has 0 amide bonds. The molecule has 9 heteroatoms. The van der Waals surface area contributed by atoms with E-state index in [1.807, 2.05) is 27.7 Å². The topological polar surface area (TPSA) is 104 Å². The number of ketones is 1. The first-order valence-electron chi connectivity index (χ1n) is 10.1. The molecule has 0 saturated heterocycles. The lowest BCUT2D eigenvalue weighted by Gasteiger charge is -2.16. The van der Waals surface area contributed by atoms with Crippen LogP contribution in [0.1, 0.15) is 27.7 Å². The van der Waals surface area contributed by atoms with E-state index in [0.29, 0.717) is 28.9 Å². The first kappa shape index (κ1) is 23.6. The normalized spacial score (nSPS) is 12.1. The fraction of sp³-hybridized carbons (Fsp3) is 0.304. The molecule has 170 valence electrons. The van der Waals surface area contributed by atoms with Gasteiger partial charge in [0, 0.05) is 17.5 Å². The summed E-state index contributed by atoms with van der Waals surface area (Å²) in [5.74, 6) is -0.240. The van der Waals surface area contributed by atoms with Crippen molar-refractivity contribution in [3.63, 3.8) is 0 Å². The monoisotopic (exact) mass is 459 g/mol. The van der Waals surface area contributed by atoms with Gasteiger partial charge in [-0.1, -0.05) is 45.0 Å². The molecular formula is C23H26FN3O4S. The summed E-state index contributed by atoms with van der Waals surface area (Å²) in [6, 6.07) is 11.9. The van der Waals surface area contributed by atoms with Crippen LogP contribution in [0, 0.1) is 11.2 Å². The number of ether oxygens (including phenoxy) is 1. The Morgan fingerprint density at radius 2 is 1.62 bits per heavy atom. The highest BCUT2D eigenvalue weighted by molar-refractivity contribution is 7.89. The highest BCUT2D eigenvalue weighted by atomic mass is 32.2. The van der Waals surface area contributed by atoms with Crippen LogP contribution in [-0.2, 0) is 21.4 Å². The lowest BCUT2D eigenvalue weighted by molar-refractivity contribution is -0.128. The number of nitrogens with zero attached hydrogens (tertiary/aromatic N) is 2. The zero-order chi connectivity index (χ0) is 23.7. The third-order valence-corrected chi connectivity index (χ3v) is 5.91. The van der Waals surface area contributed by atoms with Gasteiger partial charge in [-0.25, -0.2) is 17.9 Å². The summed E-state index contributed by atoms with van der Waals surface area (Å²) in [6.07, 6.45) is 0. The molecule has 0 aliphatic heterocycles. The predicted molar refractivity (Wildman–Crippen MR) is 120 cm³/mol. The van der Waals surface area contributed by atoms with Crippen molar-refractivity contribution in [1.82, 2.24) is 9.78 Å². The molecule has 2 N–H and O–H groups in total. The van der Waals surface area contributed by atoms with E-state index in [4.69, 9.17) is 9.88 Å². The Balaban J connectivity index is 2.16. The van der Waals surface area contributed by atoms with Crippen LogP contribution in [-0.4, -0.2) is 30.6 Å². The van der Waals surface area contributed by atoms with Crippen LogP contribution >= 0.6 is 0 Å². The van der Waals surface area contributed by atoms with E-state index in [2.05, 4.69) is 5.10 Å². The summed E-state index contributed by atoms with van der Waals surface area (Å²) >= 11 is 0. The number of sulfonamides is 1. The summed E-state index contributed by atoms with van der Waals surface area (Å²) in [5.41, 5.74) is 1.98. The van der Waals surface area contributed by atoms with Crippen molar-refractivity contribution in [2.24, 2.45) is 10.6 Å². The second-order valence-electron chi connectivity index (χ2n) is 8.38. The summed E-state index contributed by atoms with van der Waals surface area (Å²) in [7, 11) is -3.84. The summed E-state index contributed by atoms with van der Waals surface area (Å²) in [4.78, 5) is 12.4. The summed E-state index contributed by atoms with van der Waals surface area (Å²) in [5, 5.41) is 9.75. The Kier molecular flexibility index (Phi) is 6.52. The van der Waals surface area contributed by atoms with E-state index >= 15 is 0 Å². The average molecular weight is 460 g/mol. The third-order valence-electron chi connectivity index (χ3n) is 4.99. The first-order chi connectivity index (χ1) is 14.9. The van der Waals surface area contributed by atoms with Crippen LogP contribution in [0.4, 0.5) is 4.39 Å². The van der Waals surface area contributed by atoms with Crippen LogP contribution in [0.3, 0.4) is 0 Å². The van der Waals surface area contributed by atoms with Gasteiger partial charge in [0.15, 0.2) is 5.78 Å². The fourth-order valence-electron chi connectivity index (χ4n) is 3.09. The smallest absolute Gasteiger partial charge is 0.241 e. The number of benzene rings is 2. The van der Waals surface area contributed by atoms with Crippen LogP contribution in [0.5, 0.6) is 5.88 Å². The highest BCUT2D eigenvalue weighted by Gasteiger charge is 2.26. The van der Waals surface area contributed by atoms with Crippen molar-refractivity contribution in [1.29, 1.82) is 0 Å². The first-order valence-corrected chi connectivity index (χ1v) is 11.6. The molecule has 1 aromatic heterocycles. The number of Topliss-reactive ketones (excluding diaryl/α,β-unsaturated/α-hetero) is 1. The predicted octanol–water partition coefficient (Wildman–Crippen LogP) is 4.02. The van der Waals surface area contributed by atoms with Gasteiger partial charge in [0.25, 0.3) is 0 Å². The largest absolute Gasteiger partial charge is 0.468 e. The molecule has 0 spiro atoms. The van der Waals surface area contributed by atoms with Crippen molar-refractivity contribution in [3.05, 3.63) is 54.3 Å². The zero-order valence-electron chi connectivity index (χ0n) is 18.4. The molecule has 0 bridgehead atoms. The Bertz CT molecular complexity index is 1230. The minimum absolute atomic E-state index is 0.0145. The molecule has 0 unspecified atom stereocenters.